The second-order valence-electron chi connectivity index (χ2n) is 3.86. The Bertz CT molecular complexity index is 448. The molecule has 0 spiro atoms. The normalized spacial score (nSPS) is 18.5. The molecule has 0 saturated heterocycles. The van der Waals surface area contributed by atoms with Crippen molar-refractivity contribution in [1.29, 1.82) is 0 Å². The lowest BCUT2D eigenvalue weighted by atomic mass is 10.0. The van der Waals surface area contributed by atoms with Gasteiger partial charge in [0.2, 0.25) is 0 Å². The summed E-state index contributed by atoms with van der Waals surface area (Å²) in [6, 6.07) is 0. The number of halogens is 3. The first-order valence-electron chi connectivity index (χ1n) is 4.56. The van der Waals surface area contributed by atoms with Crippen LogP contribution in [0.4, 0.5) is 19.0 Å². The van der Waals surface area contributed by atoms with Crippen LogP contribution in [0.5, 0.6) is 0 Å². The molecule has 8 heteroatoms. The summed E-state index contributed by atoms with van der Waals surface area (Å²) in [4.78, 5) is 15.6. The van der Waals surface area contributed by atoms with Crippen LogP contribution in [0, 0.1) is 17.0 Å². The van der Waals surface area contributed by atoms with Crippen LogP contribution >= 0.6 is 0 Å². The molecule has 0 bridgehead atoms. The first-order chi connectivity index (χ1) is 7.28. The monoisotopic (exact) mass is 235 g/mol. The van der Waals surface area contributed by atoms with E-state index in [1.807, 2.05) is 0 Å². The molecule has 1 aliphatic rings. The van der Waals surface area contributed by atoms with E-state index in [2.05, 4.69) is 9.97 Å². The van der Waals surface area contributed by atoms with Gasteiger partial charge >= 0.3 is 12.0 Å². The number of nitrogens with zero attached hydrogens (tertiary/aromatic N) is 2. The van der Waals surface area contributed by atoms with Gasteiger partial charge in [0.1, 0.15) is 5.41 Å². The third-order valence-corrected chi connectivity index (χ3v) is 2.73. The molecule has 0 radical (unpaired) electrons. The second-order valence-corrected chi connectivity index (χ2v) is 3.86. The zero-order valence-electron chi connectivity index (χ0n) is 8.26. The van der Waals surface area contributed by atoms with Crippen LogP contribution < -0.4 is 0 Å². The SMILES string of the molecule is Cc1nc(C2(C(F)(F)F)CC2)c([N+](=O)[O-])[nH]1. The van der Waals surface area contributed by atoms with Gasteiger partial charge in [-0.2, -0.15) is 13.2 Å². The number of aromatic amines is 1. The number of aromatic nitrogens is 2. The Kier molecular flexibility index (Phi) is 2.01. The fraction of sp³-hybridized carbons (Fsp3) is 0.625. The van der Waals surface area contributed by atoms with Gasteiger partial charge in [0, 0.05) is 6.92 Å². The van der Waals surface area contributed by atoms with Crippen LogP contribution in [0.25, 0.3) is 0 Å². The number of hydrogen-bond acceptors (Lipinski definition) is 3. The minimum Gasteiger partial charge on any atom is -0.358 e. The molecule has 1 aromatic heterocycles. The van der Waals surface area contributed by atoms with Crippen LogP contribution in [0.3, 0.4) is 0 Å². The Hall–Kier alpha value is -1.60. The Morgan fingerprint density at radius 1 is 1.50 bits per heavy atom. The molecule has 0 atom stereocenters. The van der Waals surface area contributed by atoms with Gasteiger partial charge in [-0.15, -0.1) is 0 Å². The number of rotatable bonds is 2. The minimum atomic E-state index is -4.49. The summed E-state index contributed by atoms with van der Waals surface area (Å²) in [6.45, 7) is 1.39. The zero-order chi connectivity index (χ0) is 12.1. The zero-order valence-corrected chi connectivity index (χ0v) is 8.26. The van der Waals surface area contributed by atoms with Crippen molar-refractivity contribution < 1.29 is 18.1 Å². The van der Waals surface area contributed by atoms with Gasteiger partial charge in [-0.25, -0.2) is 9.97 Å². The van der Waals surface area contributed by atoms with E-state index < -0.39 is 28.0 Å². The van der Waals surface area contributed by atoms with Gasteiger partial charge in [-0.3, -0.25) is 0 Å². The molecule has 16 heavy (non-hydrogen) atoms. The van der Waals surface area contributed by atoms with E-state index in [0.717, 1.165) is 0 Å². The summed E-state index contributed by atoms with van der Waals surface area (Å²) in [7, 11) is 0. The number of alkyl halides is 3. The van der Waals surface area contributed by atoms with Crippen molar-refractivity contribution in [2.45, 2.75) is 31.4 Å². The Morgan fingerprint density at radius 2 is 2.06 bits per heavy atom. The third kappa shape index (κ3) is 1.36. The predicted molar refractivity (Wildman–Crippen MR) is 46.9 cm³/mol. The van der Waals surface area contributed by atoms with Crippen molar-refractivity contribution in [3.8, 4) is 0 Å². The standard InChI is InChI=1S/C8H8F3N3O2/c1-4-12-5(6(13-4)14(15)16)7(2-3-7)8(9,10)11/h2-3H2,1H3,(H,12,13). The van der Waals surface area contributed by atoms with Crippen molar-refractivity contribution >= 4 is 5.82 Å². The van der Waals surface area contributed by atoms with Crippen molar-refractivity contribution in [1.82, 2.24) is 9.97 Å². The molecule has 1 aromatic rings. The summed E-state index contributed by atoms with van der Waals surface area (Å²) in [6.07, 6.45) is -4.76. The fourth-order valence-electron chi connectivity index (χ4n) is 1.72. The number of hydrogen-bond donors (Lipinski definition) is 1. The van der Waals surface area contributed by atoms with E-state index >= 15 is 0 Å². The van der Waals surface area contributed by atoms with E-state index in [1.54, 1.807) is 0 Å². The lowest BCUT2D eigenvalue weighted by Gasteiger charge is -2.16. The highest BCUT2D eigenvalue weighted by atomic mass is 19.4. The van der Waals surface area contributed by atoms with Gasteiger partial charge in [0.05, 0.1) is 0 Å². The third-order valence-electron chi connectivity index (χ3n) is 2.73. The summed E-state index contributed by atoms with van der Waals surface area (Å²) in [5, 5.41) is 10.6. The van der Waals surface area contributed by atoms with Crippen LogP contribution in [0.15, 0.2) is 0 Å². The topological polar surface area (TPSA) is 71.8 Å². The van der Waals surface area contributed by atoms with Crippen molar-refractivity contribution in [2.75, 3.05) is 0 Å². The maximum Gasteiger partial charge on any atom is 0.400 e. The molecule has 0 amide bonds. The minimum absolute atomic E-state index is 0.122. The average Bonchev–Trinajstić information content (AvgIpc) is 2.84. The molecule has 1 heterocycles. The molecule has 5 nitrogen and oxygen atoms in total. The van der Waals surface area contributed by atoms with E-state index in [0.29, 0.717) is 0 Å². The maximum atomic E-state index is 12.8. The number of nitrogens with one attached hydrogen (secondary N) is 1. The largest absolute Gasteiger partial charge is 0.400 e. The summed E-state index contributed by atoms with van der Waals surface area (Å²) in [5.74, 6) is -0.524. The first kappa shape index (κ1) is 10.9. The van der Waals surface area contributed by atoms with E-state index in [4.69, 9.17) is 0 Å². The Labute approximate surface area is 87.8 Å². The quantitative estimate of drug-likeness (QED) is 0.631. The summed E-state index contributed by atoms with van der Waals surface area (Å²) < 4.78 is 38.3. The Balaban J connectivity index is 2.53. The summed E-state index contributed by atoms with van der Waals surface area (Å²) in [5.41, 5.74) is -2.59. The van der Waals surface area contributed by atoms with Gasteiger partial charge in [0.25, 0.3) is 0 Å². The number of nitro groups is 1. The second kappa shape index (κ2) is 2.96. The van der Waals surface area contributed by atoms with Crippen LogP contribution in [0.2, 0.25) is 0 Å². The van der Waals surface area contributed by atoms with Crippen molar-refractivity contribution in [3.63, 3.8) is 0 Å². The molecule has 88 valence electrons. The highest BCUT2D eigenvalue weighted by Gasteiger charge is 2.68. The molecular weight excluding hydrogens is 227 g/mol. The fourth-order valence-corrected chi connectivity index (χ4v) is 1.72. The van der Waals surface area contributed by atoms with Gasteiger partial charge < -0.3 is 10.1 Å². The Morgan fingerprint density at radius 3 is 2.44 bits per heavy atom. The molecule has 1 N–H and O–H groups in total. The molecule has 0 aromatic carbocycles. The molecule has 0 aliphatic heterocycles. The van der Waals surface area contributed by atoms with Crippen LogP contribution in [0.1, 0.15) is 24.4 Å². The lowest BCUT2D eigenvalue weighted by molar-refractivity contribution is -0.390. The number of imidazole rings is 1. The predicted octanol–water partition coefficient (Wildman–Crippen LogP) is 2.22. The van der Waals surface area contributed by atoms with Gasteiger partial charge in [-0.1, -0.05) is 0 Å². The van der Waals surface area contributed by atoms with E-state index in [1.165, 1.54) is 6.92 Å². The maximum absolute atomic E-state index is 12.8. The highest BCUT2D eigenvalue weighted by molar-refractivity contribution is 5.41. The molecule has 1 aliphatic carbocycles. The molecule has 1 saturated carbocycles. The van der Waals surface area contributed by atoms with Crippen molar-refractivity contribution in [3.05, 3.63) is 21.6 Å². The van der Waals surface area contributed by atoms with E-state index in [-0.39, 0.29) is 18.7 Å². The number of H-pyrrole nitrogens is 1. The number of aryl methyl sites for hydroxylation is 1. The smallest absolute Gasteiger partial charge is 0.358 e. The van der Waals surface area contributed by atoms with Crippen LogP contribution in [-0.2, 0) is 5.41 Å². The van der Waals surface area contributed by atoms with E-state index in [9.17, 15) is 23.3 Å². The van der Waals surface area contributed by atoms with Crippen molar-refractivity contribution in [2.24, 2.45) is 0 Å². The molecule has 0 unspecified atom stereocenters. The molecular formula is C8H8F3N3O2. The van der Waals surface area contributed by atoms with Gasteiger partial charge in [0.15, 0.2) is 11.5 Å². The lowest BCUT2D eigenvalue weighted by Crippen LogP contribution is -2.29. The van der Waals surface area contributed by atoms with Gasteiger partial charge in [-0.05, 0) is 17.8 Å². The molecule has 1 fully saturated rings. The average molecular weight is 235 g/mol. The highest BCUT2D eigenvalue weighted by Crippen LogP contribution is 2.60. The van der Waals surface area contributed by atoms with Crippen LogP contribution in [-0.4, -0.2) is 21.1 Å². The first-order valence-corrected chi connectivity index (χ1v) is 4.56. The summed E-state index contributed by atoms with van der Waals surface area (Å²) >= 11 is 0. The molecule has 2 rings (SSSR count).